The fourth-order valence-corrected chi connectivity index (χ4v) is 2.34. The van der Waals surface area contributed by atoms with Crippen molar-refractivity contribution in [3.63, 3.8) is 0 Å². The third-order valence-corrected chi connectivity index (χ3v) is 3.36. The fraction of sp³-hybridized carbons (Fsp3) is 0.231. The van der Waals surface area contributed by atoms with Crippen molar-refractivity contribution in [1.82, 2.24) is 4.37 Å². The number of aryl methyl sites for hydroxylation is 2. The molecule has 0 saturated carbocycles. The van der Waals surface area contributed by atoms with E-state index in [-0.39, 0.29) is 5.91 Å². The number of amides is 1. The molecule has 0 saturated heterocycles. The Morgan fingerprint density at radius 1 is 1.41 bits per heavy atom. The third kappa shape index (κ3) is 2.53. The van der Waals surface area contributed by atoms with Gasteiger partial charge in [0, 0.05) is 11.1 Å². The number of carbonyl (C=O) groups excluding carboxylic acids is 1. The van der Waals surface area contributed by atoms with Crippen LogP contribution in [0.4, 0.5) is 5.69 Å². The maximum atomic E-state index is 12.0. The van der Waals surface area contributed by atoms with Crippen LogP contribution < -0.4 is 5.32 Å². The van der Waals surface area contributed by atoms with Gasteiger partial charge in [0.1, 0.15) is 0 Å². The first-order valence-corrected chi connectivity index (χ1v) is 6.36. The first-order chi connectivity index (χ1) is 8.22. The smallest absolute Gasteiger partial charge is 0.258 e. The van der Waals surface area contributed by atoms with Gasteiger partial charge in [-0.1, -0.05) is 25.1 Å². The van der Waals surface area contributed by atoms with Crippen molar-refractivity contribution in [2.75, 3.05) is 5.32 Å². The van der Waals surface area contributed by atoms with Gasteiger partial charge < -0.3 is 5.32 Å². The van der Waals surface area contributed by atoms with Crippen LogP contribution in [0.1, 0.15) is 28.5 Å². The lowest BCUT2D eigenvalue weighted by molar-refractivity contribution is 0.102. The van der Waals surface area contributed by atoms with Gasteiger partial charge in [-0.2, -0.15) is 4.37 Å². The molecule has 0 atom stereocenters. The maximum absolute atomic E-state index is 12.0. The lowest BCUT2D eigenvalue weighted by atomic mass is 10.1. The largest absolute Gasteiger partial charge is 0.322 e. The molecule has 0 radical (unpaired) electrons. The Morgan fingerprint density at radius 2 is 2.18 bits per heavy atom. The van der Waals surface area contributed by atoms with Crippen LogP contribution in [-0.4, -0.2) is 10.3 Å². The number of hydrogen-bond donors (Lipinski definition) is 1. The molecule has 1 amide bonds. The summed E-state index contributed by atoms with van der Waals surface area (Å²) in [5.41, 5.74) is 3.45. The van der Waals surface area contributed by atoms with E-state index in [4.69, 9.17) is 0 Å². The van der Waals surface area contributed by atoms with Crippen molar-refractivity contribution in [2.24, 2.45) is 0 Å². The summed E-state index contributed by atoms with van der Waals surface area (Å²) >= 11 is 1.30. The number of hydrogen-bond acceptors (Lipinski definition) is 3. The van der Waals surface area contributed by atoms with Crippen LogP contribution in [0.25, 0.3) is 0 Å². The minimum atomic E-state index is -0.0860. The topological polar surface area (TPSA) is 42.0 Å². The third-order valence-electron chi connectivity index (χ3n) is 2.64. The van der Waals surface area contributed by atoms with Crippen LogP contribution in [0, 0.1) is 6.92 Å². The van der Waals surface area contributed by atoms with Crippen LogP contribution >= 0.6 is 11.5 Å². The summed E-state index contributed by atoms with van der Waals surface area (Å²) in [6.45, 7) is 3.92. The maximum Gasteiger partial charge on any atom is 0.258 e. The number of rotatable bonds is 3. The van der Waals surface area contributed by atoms with Gasteiger partial charge in [-0.25, -0.2) is 0 Å². The second-order valence-corrected chi connectivity index (χ2v) is 4.41. The van der Waals surface area contributed by atoms with E-state index in [9.17, 15) is 4.79 Å². The lowest BCUT2D eigenvalue weighted by Gasteiger charge is -2.08. The SMILES string of the molecule is CCc1ccccc1NC(=O)c1csnc1C. The predicted molar refractivity (Wildman–Crippen MR) is 70.6 cm³/mol. The lowest BCUT2D eigenvalue weighted by Crippen LogP contribution is -2.13. The van der Waals surface area contributed by atoms with Gasteiger partial charge in [-0.3, -0.25) is 4.79 Å². The van der Waals surface area contributed by atoms with Gasteiger partial charge in [0.15, 0.2) is 0 Å². The summed E-state index contributed by atoms with van der Waals surface area (Å²) in [7, 11) is 0. The normalized spacial score (nSPS) is 10.2. The van der Waals surface area contributed by atoms with E-state index in [0.29, 0.717) is 5.56 Å². The first kappa shape index (κ1) is 11.8. The molecule has 3 nitrogen and oxygen atoms in total. The molecule has 0 unspecified atom stereocenters. The van der Waals surface area contributed by atoms with Crippen molar-refractivity contribution in [3.8, 4) is 0 Å². The highest BCUT2D eigenvalue weighted by Crippen LogP contribution is 2.18. The van der Waals surface area contributed by atoms with Crippen LogP contribution in [0.3, 0.4) is 0 Å². The fourth-order valence-electron chi connectivity index (χ4n) is 1.65. The van der Waals surface area contributed by atoms with Crippen LogP contribution in [0.5, 0.6) is 0 Å². The Kier molecular flexibility index (Phi) is 3.54. The second kappa shape index (κ2) is 5.10. The van der Waals surface area contributed by atoms with Gasteiger partial charge in [-0.05, 0) is 36.5 Å². The molecular weight excluding hydrogens is 232 g/mol. The van der Waals surface area contributed by atoms with E-state index in [1.807, 2.05) is 31.2 Å². The average Bonchev–Trinajstić information content (AvgIpc) is 2.76. The van der Waals surface area contributed by atoms with Gasteiger partial charge in [-0.15, -0.1) is 0 Å². The number of benzene rings is 1. The van der Waals surface area contributed by atoms with E-state index < -0.39 is 0 Å². The molecule has 1 heterocycles. The molecule has 0 aliphatic rings. The van der Waals surface area contributed by atoms with Gasteiger partial charge >= 0.3 is 0 Å². The molecule has 4 heteroatoms. The molecule has 0 bridgehead atoms. The molecule has 0 aliphatic heterocycles. The Morgan fingerprint density at radius 3 is 2.82 bits per heavy atom. The number of carbonyl (C=O) groups is 1. The number of nitrogens with zero attached hydrogens (tertiary/aromatic N) is 1. The molecule has 0 aliphatic carbocycles. The van der Waals surface area contributed by atoms with Gasteiger partial charge in [0.05, 0.1) is 11.3 Å². The molecule has 17 heavy (non-hydrogen) atoms. The zero-order chi connectivity index (χ0) is 12.3. The Labute approximate surface area is 105 Å². The quantitative estimate of drug-likeness (QED) is 0.903. The first-order valence-electron chi connectivity index (χ1n) is 5.52. The molecule has 1 N–H and O–H groups in total. The monoisotopic (exact) mass is 246 g/mol. The highest BCUT2D eigenvalue weighted by molar-refractivity contribution is 7.04. The van der Waals surface area contributed by atoms with Crippen molar-refractivity contribution in [1.29, 1.82) is 0 Å². The standard InChI is InChI=1S/C13H14N2OS/c1-3-10-6-4-5-7-12(10)14-13(16)11-8-17-15-9(11)2/h4-8H,3H2,1-2H3,(H,14,16). The summed E-state index contributed by atoms with van der Waals surface area (Å²) in [6.07, 6.45) is 0.900. The number of anilines is 1. The highest BCUT2D eigenvalue weighted by Gasteiger charge is 2.12. The average molecular weight is 246 g/mol. The molecule has 2 aromatic rings. The second-order valence-electron chi connectivity index (χ2n) is 3.78. The summed E-state index contributed by atoms with van der Waals surface area (Å²) in [4.78, 5) is 12.0. The molecular formula is C13H14N2OS. The van der Waals surface area contributed by atoms with E-state index >= 15 is 0 Å². The molecule has 0 spiro atoms. The number of nitrogens with one attached hydrogen (secondary N) is 1. The van der Waals surface area contributed by atoms with Crippen molar-refractivity contribution in [2.45, 2.75) is 20.3 Å². The molecule has 1 aromatic carbocycles. The summed E-state index contributed by atoms with van der Waals surface area (Å²) in [6, 6.07) is 7.85. The van der Waals surface area contributed by atoms with Gasteiger partial charge in [0.2, 0.25) is 0 Å². The van der Waals surface area contributed by atoms with Crippen LogP contribution in [-0.2, 0) is 6.42 Å². The molecule has 0 fully saturated rings. The van der Waals surface area contributed by atoms with Crippen LogP contribution in [0.15, 0.2) is 29.6 Å². The summed E-state index contributed by atoms with van der Waals surface area (Å²) in [5.74, 6) is -0.0860. The molecule has 2 rings (SSSR count). The minimum Gasteiger partial charge on any atom is -0.322 e. The van der Waals surface area contributed by atoms with E-state index in [0.717, 1.165) is 23.4 Å². The Bertz CT molecular complexity index is 534. The number of para-hydroxylation sites is 1. The highest BCUT2D eigenvalue weighted by atomic mass is 32.1. The molecule has 1 aromatic heterocycles. The predicted octanol–water partition coefficient (Wildman–Crippen LogP) is 3.27. The van der Waals surface area contributed by atoms with Crippen molar-refractivity contribution < 1.29 is 4.79 Å². The van der Waals surface area contributed by atoms with Gasteiger partial charge in [0.25, 0.3) is 5.91 Å². The zero-order valence-corrected chi connectivity index (χ0v) is 10.7. The van der Waals surface area contributed by atoms with E-state index in [2.05, 4.69) is 16.6 Å². The minimum absolute atomic E-state index is 0.0860. The summed E-state index contributed by atoms with van der Waals surface area (Å²) < 4.78 is 4.10. The Balaban J connectivity index is 2.22. The van der Waals surface area contributed by atoms with Crippen LogP contribution in [0.2, 0.25) is 0 Å². The van der Waals surface area contributed by atoms with E-state index in [1.54, 1.807) is 5.38 Å². The summed E-state index contributed by atoms with van der Waals surface area (Å²) in [5, 5.41) is 4.71. The van der Waals surface area contributed by atoms with Crippen molar-refractivity contribution in [3.05, 3.63) is 46.5 Å². The molecule has 88 valence electrons. The number of aromatic nitrogens is 1. The Hall–Kier alpha value is -1.68. The van der Waals surface area contributed by atoms with Crippen molar-refractivity contribution >= 4 is 23.1 Å². The van der Waals surface area contributed by atoms with E-state index in [1.165, 1.54) is 11.5 Å². The zero-order valence-electron chi connectivity index (χ0n) is 9.86.